The Bertz CT molecular complexity index is 1590. The molecule has 3 atom stereocenters. The average molecular weight is 618 g/mol. The first-order valence-electron chi connectivity index (χ1n) is 14.3. The van der Waals surface area contributed by atoms with Crippen LogP contribution in [0.2, 0.25) is 0 Å². The van der Waals surface area contributed by atoms with E-state index >= 15 is 8.78 Å². The number of pyridine rings is 1. The van der Waals surface area contributed by atoms with Gasteiger partial charge >= 0.3 is 0 Å². The van der Waals surface area contributed by atoms with Crippen molar-refractivity contribution in [3.8, 4) is 11.1 Å². The Morgan fingerprint density at radius 3 is 2.27 bits per heavy atom. The number of rotatable bonds is 6. The van der Waals surface area contributed by atoms with E-state index in [1.165, 1.54) is 19.4 Å². The highest BCUT2D eigenvalue weighted by atomic mass is 19.3. The monoisotopic (exact) mass is 617 g/mol. The smallest absolute Gasteiger partial charge is 0.264 e. The molecule has 2 aromatic heterocycles. The van der Waals surface area contributed by atoms with Crippen LogP contribution < -0.4 is 20.7 Å². The van der Waals surface area contributed by atoms with Crippen molar-refractivity contribution in [1.82, 2.24) is 19.4 Å². The number of nitrogens with one attached hydrogen (secondary N) is 1. The molecule has 44 heavy (non-hydrogen) atoms. The highest BCUT2D eigenvalue weighted by Gasteiger charge is 2.30. The summed E-state index contributed by atoms with van der Waals surface area (Å²) in [6.45, 7) is 8.30. The number of likely N-dealkylation sites (N-methyl/N-ethyl adjacent to an activating group) is 1. The third-order valence-corrected chi connectivity index (χ3v) is 8.11. The summed E-state index contributed by atoms with van der Waals surface area (Å²) in [7, 11) is 3.24. The molecule has 10 nitrogen and oxygen atoms in total. The van der Waals surface area contributed by atoms with E-state index < -0.39 is 46.2 Å². The summed E-state index contributed by atoms with van der Waals surface area (Å²) >= 11 is 0. The minimum Gasteiger partial charge on any atom is -0.372 e. The van der Waals surface area contributed by atoms with Gasteiger partial charge in [-0.1, -0.05) is 0 Å². The summed E-state index contributed by atoms with van der Waals surface area (Å²) in [6, 6.07) is 1.82. The first-order valence-corrected chi connectivity index (χ1v) is 14.3. The molecule has 0 spiro atoms. The van der Waals surface area contributed by atoms with Crippen molar-refractivity contribution >= 4 is 23.2 Å². The normalized spacial score (nSPS) is 21.2. The van der Waals surface area contributed by atoms with E-state index in [1.54, 1.807) is 4.90 Å². The van der Waals surface area contributed by atoms with Crippen LogP contribution in [0.4, 0.5) is 34.9 Å². The summed E-state index contributed by atoms with van der Waals surface area (Å²) in [5.74, 6) is -2.70. The molecular weight excluding hydrogens is 582 g/mol. The molecule has 236 valence electrons. The fourth-order valence-corrected chi connectivity index (χ4v) is 5.66. The number of ether oxygens (including phenoxy) is 1. The number of aryl methyl sites for hydroxylation is 1. The van der Waals surface area contributed by atoms with Crippen molar-refractivity contribution in [3.63, 3.8) is 0 Å². The van der Waals surface area contributed by atoms with Gasteiger partial charge in [0.25, 0.3) is 17.9 Å². The van der Waals surface area contributed by atoms with Gasteiger partial charge < -0.3 is 29.3 Å². The molecule has 0 saturated carbocycles. The quantitative estimate of drug-likeness (QED) is 0.414. The number of halogens is 4. The van der Waals surface area contributed by atoms with Crippen LogP contribution in [0.15, 0.2) is 35.5 Å². The van der Waals surface area contributed by atoms with Crippen LogP contribution in [-0.4, -0.2) is 83.4 Å². The molecule has 1 unspecified atom stereocenters. The molecule has 0 radical (unpaired) electrons. The molecule has 2 saturated heterocycles. The molecule has 2 fully saturated rings. The molecule has 2 aliphatic heterocycles. The standard InChI is InChI=1S/C30H35F4N7O3/c1-16-12-40(7-6-38(16)4)23-9-22(31)25(19-10-35-30(36-11-19)41-13-17(2)44-18(3)14-41)26(32)27(23)37-29(43)21-15-39(5)24(42)8-20(21)28(33)34/h8-11,15-18,28H,6-7,12-14H2,1-5H3,(H,37,43)/t16?,17-,18+. The summed E-state index contributed by atoms with van der Waals surface area (Å²) in [6.07, 6.45) is 0.346. The average Bonchev–Trinajstić information content (AvgIpc) is 2.96. The summed E-state index contributed by atoms with van der Waals surface area (Å²) in [5.41, 5.74) is -2.79. The molecule has 0 bridgehead atoms. The molecule has 5 rings (SSSR count). The molecule has 14 heteroatoms. The highest BCUT2D eigenvalue weighted by molar-refractivity contribution is 6.07. The minimum atomic E-state index is -3.13. The van der Waals surface area contributed by atoms with E-state index in [1.807, 2.05) is 32.7 Å². The number of carbonyl (C=O) groups excluding carboxylic acids is 1. The third-order valence-electron chi connectivity index (χ3n) is 8.11. The van der Waals surface area contributed by atoms with E-state index in [0.717, 1.165) is 16.8 Å². The summed E-state index contributed by atoms with van der Waals surface area (Å²) in [5, 5.41) is 2.42. The van der Waals surface area contributed by atoms with E-state index in [-0.39, 0.29) is 35.2 Å². The van der Waals surface area contributed by atoms with Crippen LogP contribution in [0, 0.1) is 11.6 Å². The van der Waals surface area contributed by atoms with Crippen molar-refractivity contribution in [2.75, 3.05) is 54.9 Å². The second-order valence-corrected chi connectivity index (χ2v) is 11.5. The Morgan fingerprint density at radius 2 is 1.66 bits per heavy atom. The van der Waals surface area contributed by atoms with E-state index in [4.69, 9.17) is 4.74 Å². The van der Waals surface area contributed by atoms with Gasteiger partial charge in [0.1, 0.15) is 11.5 Å². The number of hydrogen-bond donors (Lipinski definition) is 1. The number of anilines is 3. The van der Waals surface area contributed by atoms with Crippen molar-refractivity contribution < 1.29 is 27.1 Å². The number of alkyl halides is 2. The fraction of sp³-hybridized carbons (Fsp3) is 0.467. The van der Waals surface area contributed by atoms with Crippen LogP contribution in [0.5, 0.6) is 0 Å². The Labute approximate surface area is 252 Å². The first-order chi connectivity index (χ1) is 20.8. The number of amides is 1. The number of carbonyl (C=O) groups is 1. The van der Waals surface area contributed by atoms with Crippen LogP contribution in [0.3, 0.4) is 0 Å². The maximum absolute atomic E-state index is 16.5. The second-order valence-electron chi connectivity index (χ2n) is 11.5. The lowest BCUT2D eigenvalue weighted by Gasteiger charge is -2.39. The van der Waals surface area contributed by atoms with Gasteiger partial charge in [0.2, 0.25) is 5.95 Å². The van der Waals surface area contributed by atoms with Gasteiger partial charge in [0.15, 0.2) is 5.82 Å². The van der Waals surface area contributed by atoms with Crippen molar-refractivity contribution in [2.45, 2.75) is 45.4 Å². The topological polar surface area (TPSA) is 95.8 Å². The number of nitrogens with zero attached hydrogens (tertiary/aromatic N) is 6. The van der Waals surface area contributed by atoms with Crippen molar-refractivity contribution in [2.24, 2.45) is 7.05 Å². The molecule has 3 aromatic rings. The molecule has 4 heterocycles. The molecule has 2 aliphatic rings. The third kappa shape index (κ3) is 6.27. The number of benzene rings is 1. The SMILES string of the molecule is CC1CN(c2cc(F)c(-c3cnc(N4C[C@@H](C)O[C@@H](C)C4)nc3)c(F)c2NC(=O)c2cn(C)c(=O)cc2C(F)F)CCN1C. The maximum atomic E-state index is 16.5. The summed E-state index contributed by atoms with van der Waals surface area (Å²) < 4.78 is 66.6. The zero-order valence-corrected chi connectivity index (χ0v) is 25.2. The van der Waals surface area contributed by atoms with E-state index in [2.05, 4.69) is 20.2 Å². The molecular formula is C30H35F4N7O3. The highest BCUT2D eigenvalue weighted by Crippen LogP contribution is 2.39. The van der Waals surface area contributed by atoms with Gasteiger partial charge in [-0.2, -0.15) is 0 Å². The Morgan fingerprint density at radius 1 is 1.00 bits per heavy atom. The zero-order chi connectivity index (χ0) is 31.9. The molecule has 0 aliphatic carbocycles. The van der Waals surface area contributed by atoms with Crippen LogP contribution in [0.1, 0.15) is 43.1 Å². The van der Waals surface area contributed by atoms with Crippen LogP contribution in [-0.2, 0) is 11.8 Å². The van der Waals surface area contributed by atoms with Crippen molar-refractivity contribution in [3.05, 3.63) is 63.8 Å². The zero-order valence-electron chi connectivity index (χ0n) is 25.2. The van der Waals surface area contributed by atoms with Crippen molar-refractivity contribution in [1.29, 1.82) is 0 Å². The summed E-state index contributed by atoms with van der Waals surface area (Å²) in [4.78, 5) is 39.9. The minimum absolute atomic E-state index is 0.0266. The predicted molar refractivity (Wildman–Crippen MR) is 159 cm³/mol. The molecule has 1 amide bonds. The Hall–Kier alpha value is -4.04. The van der Waals surface area contributed by atoms with Gasteiger partial charge in [-0.25, -0.2) is 27.5 Å². The number of morpholine rings is 1. The van der Waals surface area contributed by atoms with Gasteiger partial charge in [-0.05, 0) is 27.8 Å². The van der Waals surface area contributed by atoms with Crippen LogP contribution in [0.25, 0.3) is 11.1 Å². The van der Waals surface area contributed by atoms with Gasteiger partial charge in [-0.15, -0.1) is 0 Å². The van der Waals surface area contributed by atoms with Crippen LogP contribution >= 0.6 is 0 Å². The Balaban J connectivity index is 1.57. The molecule has 1 N–H and O–H groups in total. The number of aromatic nitrogens is 3. The van der Waals surface area contributed by atoms with E-state index in [9.17, 15) is 18.4 Å². The van der Waals surface area contributed by atoms with Gasteiger partial charge in [-0.3, -0.25) is 9.59 Å². The van der Waals surface area contributed by atoms with Gasteiger partial charge in [0.05, 0.1) is 29.0 Å². The lowest BCUT2D eigenvalue weighted by atomic mass is 10.0. The number of hydrogen-bond acceptors (Lipinski definition) is 8. The van der Waals surface area contributed by atoms with Gasteiger partial charge in [0, 0.05) is 87.7 Å². The fourth-order valence-electron chi connectivity index (χ4n) is 5.66. The lowest BCUT2D eigenvalue weighted by Crippen LogP contribution is -2.50. The lowest BCUT2D eigenvalue weighted by molar-refractivity contribution is -0.00572. The maximum Gasteiger partial charge on any atom is 0.264 e. The predicted octanol–water partition coefficient (Wildman–Crippen LogP) is 4.06. The Kier molecular flexibility index (Phi) is 8.93. The largest absolute Gasteiger partial charge is 0.372 e. The first kappa shape index (κ1) is 31.4. The van der Waals surface area contributed by atoms with E-state index in [0.29, 0.717) is 44.7 Å². The molecule has 1 aromatic carbocycles. The number of piperazine rings is 1. The second kappa shape index (κ2) is 12.5.